The van der Waals surface area contributed by atoms with Crippen molar-refractivity contribution in [1.82, 2.24) is 24.6 Å². The Morgan fingerprint density at radius 2 is 2.33 bits per heavy atom. The highest BCUT2D eigenvalue weighted by atomic mass is 35.5. The number of imidazole rings is 1. The lowest BCUT2D eigenvalue weighted by Crippen LogP contribution is -2.28. The summed E-state index contributed by atoms with van der Waals surface area (Å²) < 4.78 is 3.38. The van der Waals surface area contributed by atoms with E-state index in [0.717, 1.165) is 0 Å². The van der Waals surface area contributed by atoms with Gasteiger partial charge in [0, 0.05) is 32.5 Å². The lowest BCUT2D eigenvalue weighted by Gasteiger charge is -2.06. The Balaban J connectivity index is 1.95. The molecule has 2 aromatic heterocycles. The van der Waals surface area contributed by atoms with E-state index in [1.807, 2.05) is 10.8 Å². The standard InChI is InChI=1S/C11H14ClN5O/c1-8-9(12)10(16(2)15-8)11(18)14-4-6-17-5-3-13-7-17/h3,5,7H,4,6H2,1-2H3,(H,14,18). The molecule has 0 aromatic carbocycles. The first-order valence-corrected chi connectivity index (χ1v) is 5.90. The van der Waals surface area contributed by atoms with Crippen molar-refractivity contribution >= 4 is 17.5 Å². The van der Waals surface area contributed by atoms with Gasteiger partial charge in [0.2, 0.25) is 0 Å². The maximum absolute atomic E-state index is 11.9. The third-order valence-corrected chi connectivity index (χ3v) is 3.03. The van der Waals surface area contributed by atoms with Gasteiger partial charge in [-0.25, -0.2) is 4.98 Å². The normalized spacial score (nSPS) is 10.6. The van der Waals surface area contributed by atoms with Gasteiger partial charge in [0.1, 0.15) is 5.69 Å². The Bertz CT molecular complexity index is 546. The van der Waals surface area contributed by atoms with E-state index in [0.29, 0.717) is 29.5 Å². The lowest BCUT2D eigenvalue weighted by atomic mass is 10.3. The van der Waals surface area contributed by atoms with Crippen molar-refractivity contribution in [2.24, 2.45) is 7.05 Å². The highest BCUT2D eigenvalue weighted by molar-refractivity contribution is 6.34. The number of nitrogens with one attached hydrogen (secondary N) is 1. The molecule has 2 rings (SSSR count). The largest absolute Gasteiger partial charge is 0.349 e. The van der Waals surface area contributed by atoms with Crippen LogP contribution in [-0.4, -0.2) is 31.8 Å². The van der Waals surface area contributed by atoms with Gasteiger partial charge in [0.15, 0.2) is 0 Å². The summed E-state index contributed by atoms with van der Waals surface area (Å²) in [4.78, 5) is 15.9. The number of aryl methyl sites for hydroxylation is 2. The predicted octanol–water partition coefficient (Wildman–Crippen LogP) is 1.01. The fourth-order valence-electron chi connectivity index (χ4n) is 1.68. The second-order valence-corrected chi connectivity index (χ2v) is 4.31. The Morgan fingerprint density at radius 3 is 2.89 bits per heavy atom. The van der Waals surface area contributed by atoms with Gasteiger partial charge >= 0.3 is 0 Å². The van der Waals surface area contributed by atoms with Crippen LogP contribution >= 0.6 is 11.6 Å². The van der Waals surface area contributed by atoms with E-state index in [1.165, 1.54) is 4.68 Å². The van der Waals surface area contributed by atoms with Gasteiger partial charge in [-0.15, -0.1) is 0 Å². The van der Waals surface area contributed by atoms with Crippen molar-refractivity contribution in [3.8, 4) is 0 Å². The van der Waals surface area contributed by atoms with Gasteiger partial charge in [0.25, 0.3) is 5.91 Å². The number of amides is 1. The Labute approximate surface area is 110 Å². The second-order valence-electron chi connectivity index (χ2n) is 3.93. The predicted molar refractivity (Wildman–Crippen MR) is 67.5 cm³/mol. The Hall–Kier alpha value is -1.82. The van der Waals surface area contributed by atoms with E-state index in [2.05, 4.69) is 15.4 Å². The zero-order valence-electron chi connectivity index (χ0n) is 10.2. The summed E-state index contributed by atoms with van der Waals surface area (Å²) in [6.07, 6.45) is 5.24. The summed E-state index contributed by atoms with van der Waals surface area (Å²) in [6.45, 7) is 2.94. The number of halogens is 1. The fourth-order valence-corrected chi connectivity index (χ4v) is 1.93. The van der Waals surface area contributed by atoms with E-state index in [4.69, 9.17) is 11.6 Å². The highest BCUT2D eigenvalue weighted by Gasteiger charge is 2.17. The molecule has 0 aliphatic heterocycles. The van der Waals surface area contributed by atoms with E-state index < -0.39 is 0 Å². The van der Waals surface area contributed by atoms with Gasteiger partial charge in [-0.3, -0.25) is 9.48 Å². The molecule has 1 N–H and O–H groups in total. The summed E-state index contributed by atoms with van der Waals surface area (Å²) in [5.74, 6) is -0.219. The molecule has 0 spiro atoms. The SMILES string of the molecule is Cc1nn(C)c(C(=O)NCCn2ccnc2)c1Cl. The van der Waals surface area contributed by atoms with Crippen LogP contribution < -0.4 is 5.32 Å². The van der Waals surface area contributed by atoms with Gasteiger partial charge in [-0.1, -0.05) is 11.6 Å². The third-order valence-electron chi connectivity index (χ3n) is 2.58. The Kier molecular flexibility index (Phi) is 3.66. The molecule has 7 heteroatoms. The minimum atomic E-state index is -0.219. The Morgan fingerprint density at radius 1 is 1.56 bits per heavy atom. The molecule has 0 atom stereocenters. The molecule has 0 unspecified atom stereocenters. The minimum Gasteiger partial charge on any atom is -0.349 e. The van der Waals surface area contributed by atoms with Crippen LogP contribution in [-0.2, 0) is 13.6 Å². The smallest absolute Gasteiger partial charge is 0.271 e. The quantitative estimate of drug-likeness (QED) is 0.899. The van der Waals surface area contributed by atoms with E-state index in [1.54, 1.807) is 26.5 Å². The zero-order valence-corrected chi connectivity index (χ0v) is 11.0. The number of aromatic nitrogens is 4. The molecule has 96 valence electrons. The molecule has 0 bridgehead atoms. The lowest BCUT2D eigenvalue weighted by molar-refractivity contribution is 0.0943. The van der Waals surface area contributed by atoms with Gasteiger partial charge in [-0.05, 0) is 6.92 Å². The molecule has 0 aliphatic carbocycles. The summed E-state index contributed by atoms with van der Waals surface area (Å²) in [5.41, 5.74) is 1.04. The summed E-state index contributed by atoms with van der Waals surface area (Å²) in [6, 6.07) is 0. The number of nitrogens with zero attached hydrogens (tertiary/aromatic N) is 4. The highest BCUT2D eigenvalue weighted by Crippen LogP contribution is 2.18. The van der Waals surface area contributed by atoms with Gasteiger partial charge < -0.3 is 9.88 Å². The van der Waals surface area contributed by atoms with Crippen LogP contribution in [0, 0.1) is 6.92 Å². The molecule has 1 amide bonds. The number of carbonyl (C=O) groups is 1. The van der Waals surface area contributed by atoms with Crippen molar-refractivity contribution in [1.29, 1.82) is 0 Å². The van der Waals surface area contributed by atoms with Crippen molar-refractivity contribution in [3.63, 3.8) is 0 Å². The molecule has 18 heavy (non-hydrogen) atoms. The van der Waals surface area contributed by atoms with Crippen LogP contribution in [0.2, 0.25) is 5.02 Å². The van der Waals surface area contributed by atoms with Crippen molar-refractivity contribution in [2.45, 2.75) is 13.5 Å². The topological polar surface area (TPSA) is 64.7 Å². The van der Waals surface area contributed by atoms with Crippen molar-refractivity contribution in [3.05, 3.63) is 35.1 Å². The molecule has 0 saturated heterocycles. The monoisotopic (exact) mass is 267 g/mol. The fraction of sp³-hybridized carbons (Fsp3) is 0.364. The summed E-state index contributed by atoms with van der Waals surface area (Å²) in [5, 5.41) is 7.30. The second kappa shape index (κ2) is 5.22. The first-order valence-electron chi connectivity index (χ1n) is 5.52. The maximum Gasteiger partial charge on any atom is 0.271 e. The van der Waals surface area contributed by atoms with Crippen LogP contribution in [0.25, 0.3) is 0 Å². The minimum absolute atomic E-state index is 0.219. The average molecular weight is 268 g/mol. The van der Waals surface area contributed by atoms with Crippen molar-refractivity contribution in [2.75, 3.05) is 6.54 Å². The van der Waals surface area contributed by atoms with E-state index in [-0.39, 0.29) is 5.91 Å². The van der Waals surface area contributed by atoms with Gasteiger partial charge in [-0.2, -0.15) is 5.10 Å². The zero-order chi connectivity index (χ0) is 13.1. The van der Waals surface area contributed by atoms with Crippen LogP contribution in [0.4, 0.5) is 0 Å². The first-order chi connectivity index (χ1) is 8.59. The third kappa shape index (κ3) is 2.53. The molecule has 0 radical (unpaired) electrons. The van der Waals surface area contributed by atoms with Crippen LogP contribution in [0.5, 0.6) is 0 Å². The summed E-state index contributed by atoms with van der Waals surface area (Å²) >= 11 is 6.03. The molecule has 0 saturated carbocycles. The molecule has 2 aromatic rings. The average Bonchev–Trinajstić information content (AvgIpc) is 2.89. The molecule has 0 aliphatic rings. The number of hydrogen-bond donors (Lipinski definition) is 1. The van der Waals surface area contributed by atoms with Crippen molar-refractivity contribution < 1.29 is 4.79 Å². The molecular weight excluding hydrogens is 254 g/mol. The van der Waals surface area contributed by atoms with Gasteiger partial charge in [0.05, 0.1) is 17.0 Å². The number of hydrogen-bond acceptors (Lipinski definition) is 3. The van der Waals surface area contributed by atoms with E-state index >= 15 is 0 Å². The number of carbonyl (C=O) groups excluding carboxylic acids is 1. The molecule has 2 heterocycles. The van der Waals surface area contributed by atoms with Crippen LogP contribution in [0.1, 0.15) is 16.2 Å². The van der Waals surface area contributed by atoms with Crippen LogP contribution in [0.3, 0.4) is 0 Å². The first kappa shape index (κ1) is 12.6. The maximum atomic E-state index is 11.9. The summed E-state index contributed by atoms with van der Waals surface area (Å²) in [7, 11) is 1.70. The van der Waals surface area contributed by atoms with Crippen LogP contribution in [0.15, 0.2) is 18.7 Å². The molecular formula is C11H14ClN5O. The van der Waals surface area contributed by atoms with E-state index in [9.17, 15) is 4.79 Å². The molecule has 6 nitrogen and oxygen atoms in total. The molecule has 0 fully saturated rings. The number of rotatable bonds is 4.